The van der Waals surface area contributed by atoms with Crippen molar-refractivity contribution >= 4 is 27.4 Å². The third-order valence-electron chi connectivity index (χ3n) is 8.42. The fourth-order valence-electron chi connectivity index (χ4n) is 6.43. The maximum absolute atomic E-state index is 11.3. The molecule has 2 aliphatic rings. The molecule has 0 aliphatic carbocycles. The number of aryl methyl sites for hydroxylation is 2. The third-order valence-corrected chi connectivity index (χ3v) is 8.42. The molecule has 8 rings (SSSR count). The zero-order valence-electron chi connectivity index (χ0n) is 23.5. The number of rotatable bonds is 5. The number of hydrogen-bond donors (Lipinski definition) is 1. The average Bonchev–Trinajstić information content (AvgIpc) is 3.68. The van der Waals surface area contributed by atoms with Crippen LogP contribution in [0.2, 0.25) is 0 Å². The Morgan fingerprint density at radius 2 is 1.74 bits per heavy atom. The molecule has 6 aromatic rings. The Morgan fingerprint density at radius 1 is 0.907 bits per heavy atom. The molecule has 0 saturated heterocycles. The number of aromatic amines is 1. The van der Waals surface area contributed by atoms with Gasteiger partial charge in [0.25, 0.3) is 5.69 Å². The minimum absolute atomic E-state index is 0.0649. The van der Waals surface area contributed by atoms with E-state index in [9.17, 15) is 10.1 Å². The van der Waals surface area contributed by atoms with Gasteiger partial charge in [-0.05, 0) is 59.2 Å². The zero-order valence-corrected chi connectivity index (χ0v) is 23.5. The zero-order chi connectivity index (χ0) is 29.2. The number of methoxy groups -OCH3 is 2. The van der Waals surface area contributed by atoms with Gasteiger partial charge in [0.2, 0.25) is 12.5 Å². The molecule has 212 valence electrons. The summed E-state index contributed by atoms with van der Waals surface area (Å²) in [6, 6.07) is 23.4. The van der Waals surface area contributed by atoms with Crippen LogP contribution in [0.25, 0.3) is 55.3 Å². The third kappa shape index (κ3) is 3.89. The van der Waals surface area contributed by atoms with Gasteiger partial charge in [-0.15, -0.1) is 0 Å². The van der Waals surface area contributed by atoms with Gasteiger partial charge in [-0.25, -0.2) is 0 Å². The summed E-state index contributed by atoms with van der Waals surface area (Å²) in [4.78, 5) is 14.4. The SMILES string of the molecule is COc1ccc2c(-c3cccc(-c4cc5cc([N+](=O)[O-])ccc5[nH]4)c3)c3[n+](cc2c1OC)CCc1cc2c(cc1-3)OCO2. The van der Waals surface area contributed by atoms with Crippen molar-refractivity contribution in [2.45, 2.75) is 13.0 Å². The van der Waals surface area contributed by atoms with Crippen LogP contribution < -0.4 is 23.5 Å². The van der Waals surface area contributed by atoms with E-state index in [1.165, 1.54) is 11.6 Å². The molecule has 43 heavy (non-hydrogen) atoms. The fraction of sp³-hybridized carbons (Fsp3) is 0.147. The largest absolute Gasteiger partial charge is 0.493 e. The molecule has 1 N–H and O–H groups in total. The normalized spacial score (nSPS) is 13.2. The molecule has 9 nitrogen and oxygen atoms in total. The molecule has 0 amide bonds. The van der Waals surface area contributed by atoms with Crippen molar-refractivity contribution in [2.24, 2.45) is 0 Å². The Balaban J connectivity index is 1.39. The summed E-state index contributed by atoms with van der Waals surface area (Å²) < 4.78 is 25.3. The Bertz CT molecular complexity index is 2130. The molecule has 2 aromatic heterocycles. The van der Waals surface area contributed by atoms with Gasteiger partial charge >= 0.3 is 0 Å². The highest BCUT2D eigenvalue weighted by Gasteiger charge is 2.33. The van der Waals surface area contributed by atoms with Crippen LogP contribution >= 0.6 is 0 Å². The number of non-ortho nitro benzene ring substituents is 1. The number of nitrogens with one attached hydrogen (secondary N) is 1. The second-order valence-electron chi connectivity index (χ2n) is 10.7. The summed E-state index contributed by atoms with van der Waals surface area (Å²) >= 11 is 0. The maximum atomic E-state index is 11.3. The van der Waals surface area contributed by atoms with E-state index in [1.54, 1.807) is 26.4 Å². The van der Waals surface area contributed by atoms with Crippen LogP contribution in [0.15, 0.2) is 79.0 Å². The van der Waals surface area contributed by atoms with E-state index in [-0.39, 0.29) is 17.4 Å². The first-order valence-electron chi connectivity index (χ1n) is 13.9. The van der Waals surface area contributed by atoms with Gasteiger partial charge in [-0.2, -0.15) is 4.57 Å². The number of nitrogens with zero attached hydrogens (tertiary/aromatic N) is 2. The Hall–Kier alpha value is -5.57. The second-order valence-corrected chi connectivity index (χ2v) is 10.7. The van der Waals surface area contributed by atoms with E-state index in [4.69, 9.17) is 18.9 Å². The first kappa shape index (κ1) is 25.2. The number of nitro benzene ring substituents is 1. The predicted molar refractivity (Wildman–Crippen MR) is 162 cm³/mol. The molecule has 0 bridgehead atoms. The lowest BCUT2D eigenvalue weighted by Crippen LogP contribution is -2.40. The molecule has 9 heteroatoms. The van der Waals surface area contributed by atoms with Crippen LogP contribution in [0.3, 0.4) is 0 Å². The summed E-state index contributed by atoms with van der Waals surface area (Å²) in [5, 5.41) is 14.1. The fourth-order valence-corrected chi connectivity index (χ4v) is 6.43. The minimum Gasteiger partial charge on any atom is -0.493 e. The summed E-state index contributed by atoms with van der Waals surface area (Å²) in [5.41, 5.74) is 8.23. The van der Waals surface area contributed by atoms with Gasteiger partial charge in [-0.3, -0.25) is 10.1 Å². The molecule has 0 atom stereocenters. The first-order chi connectivity index (χ1) is 21.0. The van der Waals surface area contributed by atoms with Crippen LogP contribution in [-0.4, -0.2) is 30.9 Å². The van der Waals surface area contributed by atoms with Gasteiger partial charge in [0, 0.05) is 40.5 Å². The number of hydrogen-bond acceptors (Lipinski definition) is 6. The van der Waals surface area contributed by atoms with Crippen molar-refractivity contribution in [2.75, 3.05) is 21.0 Å². The van der Waals surface area contributed by atoms with Gasteiger partial charge < -0.3 is 23.9 Å². The Kier molecular flexibility index (Phi) is 5.55. The quantitative estimate of drug-likeness (QED) is 0.138. The van der Waals surface area contributed by atoms with E-state index in [0.29, 0.717) is 11.5 Å². The van der Waals surface area contributed by atoms with Crippen LogP contribution in [0.1, 0.15) is 5.56 Å². The highest BCUT2D eigenvalue weighted by Crippen LogP contribution is 2.47. The lowest BCUT2D eigenvalue weighted by atomic mass is 9.87. The molecule has 4 aromatic carbocycles. The lowest BCUT2D eigenvalue weighted by molar-refractivity contribution is -0.685. The number of aromatic nitrogens is 2. The monoisotopic (exact) mass is 572 g/mol. The molecular weight excluding hydrogens is 546 g/mol. The van der Waals surface area contributed by atoms with Crippen LogP contribution in [0, 0.1) is 10.1 Å². The summed E-state index contributed by atoms with van der Waals surface area (Å²) in [7, 11) is 3.31. The van der Waals surface area contributed by atoms with Crippen molar-refractivity contribution < 1.29 is 28.4 Å². The van der Waals surface area contributed by atoms with E-state index >= 15 is 0 Å². The van der Waals surface area contributed by atoms with Crippen molar-refractivity contribution in [3.63, 3.8) is 0 Å². The molecule has 2 aliphatic heterocycles. The van der Waals surface area contributed by atoms with E-state index in [2.05, 4.69) is 46.1 Å². The molecular formula is C34H26N3O6+. The molecule has 0 radical (unpaired) electrons. The van der Waals surface area contributed by atoms with Crippen molar-refractivity contribution in [1.82, 2.24) is 4.98 Å². The smallest absolute Gasteiger partial charge is 0.270 e. The number of H-pyrrole nitrogens is 1. The van der Waals surface area contributed by atoms with E-state index < -0.39 is 0 Å². The minimum atomic E-state index is -0.373. The lowest BCUT2D eigenvalue weighted by Gasteiger charge is -2.21. The molecule has 0 fully saturated rings. The number of pyridine rings is 1. The second kappa shape index (κ2) is 9.49. The maximum Gasteiger partial charge on any atom is 0.270 e. The van der Waals surface area contributed by atoms with Crippen LogP contribution in [0.5, 0.6) is 23.0 Å². The summed E-state index contributed by atoms with van der Waals surface area (Å²) in [6.07, 6.45) is 3.00. The number of benzene rings is 4. The van der Waals surface area contributed by atoms with E-state index in [1.807, 2.05) is 24.3 Å². The first-order valence-corrected chi connectivity index (χ1v) is 13.9. The number of fused-ring (bicyclic) bond motifs is 6. The highest BCUT2D eigenvalue weighted by atomic mass is 16.7. The predicted octanol–water partition coefficient (Wildman–Crippen LogP) is 6.82. The highest BCUT2D eigenvalue weighted by molar-refractivity contribution is 6.05. The van der Waals surface area contributed by atoms with Crippen LogP contribution in [-0.2, 0) is 13.0 Å². The Labute approximate surface area is 246 Å². The topological polar surface area (TPSA) is 99.7 Å². The van der Waals surface area contributed by atoms with Crippen molar-refractivity contribution in [1.29, 1.82) is 0 Å². The van der Waals surface area contributed by atoms with Crippen molar-refractivity contribution in [3.8, 4) is 56.6 Å². The molecule has 4 heterocycles. The number of ether oxygens (including phenoxy) is 4. The standard InChI is InChI=1S/C34H26N3O6/c1-40-29-9-7-24-26(34(29)41-2)17-36-11-10-19-15-30-31(43-18-42-30)16-25(19)33(36)32(24)21-5-3-4-20(12-21)28-14-22-13-23(37(38)39)6-8-27(22)35-28/h3-9,12-17,35H,10-11,18H2,1-2H3/q+1. The number of nitro groups is 1. The van der Waals surface area contributed by atoms with Crippen LogP contribution in [0.4, 0.5) is 5.69 Å². The van der Waals surface area contributed by atoms with Gasteiger partial charge in [0.05, 0.1) is 35.7 Å². The summed E-state index contributed by atoms with van der Waals surface area (Å²) in [6.45, 7) is 1.00. The van der Waals surface area contributed by atoms with Gasteiger partial charge in [0.15, 0.2) is 35.7 Å². The van der Waals surface area contributed by atoms with E-state index in [0.717, 1.165) is 79.8 Å². The van der Waals surface area contributed by atoms with Crippen molar-refractivity contribution in [3.05, 3.63) is 94.7 Å². The molecule has 0 unspecified atom stereocenters. The van der Waals surface area contributed by atoms with Gasteiger partial charge in [-0.1, -0.05) is 18.2 Å². The molecule has 0 saturated carbocycles. The Morgan fingerprint density at radius 3 is 2.56 bits per heavy atom. The molecule has 0 spiro atoms. The summed E-state index contributed by atoms with van der Waals surface area (Å²) in [5.74, 6) is 2.87. The average molecular weight is 573 g/mol. The van der Waals surface area contributed by atoms with Gasteiger partial charge in [0.1, 0.15) is 0 Å².